The predicted octanol–water partition coefficient (Wildman–Crippen LogP) is 2.25. The molecule has 0 spiro atoms. The molecule has 0 aliphatic carbocycles. The molecular formula is C16H31N3O2. The van der Waals surface area contributed by atoms with Crippen molar-refractivity contribution >= 4 is 6.09 Å². The fourth-order valence-corrected chi connectivity index (χ4v) is 3.53. The Kier molecular flexibility index (Phi) is 5.49. The maximum atomic E-state index is 12.3. The fourth-order valence-electron chi connectivity index (χ4n) is 3.53. The van der Waals surface area contributed by atoms with Crippen LogP contribution in [-0.2, 0) is 4.74 Å². The van der Waals surface area contributed by atoms with E-state index in [1.54, 1.807) is 0 Å². The zero-order valence-corrected chi connectivity index (χ0v) is 13.7. The average Bonchev–Trinajstić information content (AvgIpc) is 2.65. The second kappa shape index (κ2) is 6.97. The predicted molar refractivity (Wildman–Crippen MR) is 84.2 cm³/mol. The molecule has 2 aliphatic heterocycles. The monoisotopic (exact) mass is 297 g/mol. The molecule has 0 radical (unpaired) electrons. The molecule has 2 heterocycles. The van der Waals surface area contributed by atoms with Gasteiger partial charge in [0.2, 0.25) is 0 Å². The van der Waals surface area contributed by atoms with Gasteiger partial charge in [-0.3, -0.25) is 0 Å². The highest BCUT2D eigenvalue weighted by Crippen LogP contribution is 2.36. The zero-order valence-electron chi connectivity index (χ0n) is 13.7. The maximum Gasteiger partial charge on any atom is 0.410 e. The van der Waals surface area contributed by atoms with E-state index >= 15 is 0 Å². The lowest BCUT2D eigenvalue weighted by molar-refractivity contribution is 0.00475. The van der Waals surface area contributed by atoms with Crippen LogP contribution in [0.4, 0.5) is 4.79 Å². The second-order valence-electron chi connectivity index (χ2n) is 7.39. The minimum atomic E-state index is -0.409. The highest BCUT2D eigenvalue weighted by atomic mass is 16.6. The van der Waals surface area contributed by atoms with E-state index in [-0.39, 0.29) is 6.09 Å². The van der Waals surface area contributed by atoms with Crippen molar-refractivity contribution in [2.75, 3.05) is 13.1 Å². The minimum absolute atomic E-state index is 0.128. The Bertz CT molecular complexity index is 340. The van der Waals surface area contributed by atoms with Crippen molar-refractivity contribution in [3.8, 4) is 0 Å². The lowest BCUT2D eigenvalue weighted by atomic mass is 9.97. The van der Waals surface area contributed by atoms with Gasteiger partial charge in [-0.25, -0.2) is 4.79 Å². The maximum absolute atomic E-state index is 12.3. The first-order valence-electron chi connectivity index (χ1n) is 8.35. The van der Waals surface area contributed by atoms with Crippen LogP contribution in [0.15, 0.2) is 0 Å². The van der Waals surface area contributed by atoms with Crippen molar-refractivity contribution in [3.63, 3.8) is 0 Å². The van der Waals surface area contributed by atoms with E-state index in [0.29, 0.717) is 18.1 Å². The summed E-state index contributed by atoms with van der Waals surface area (Å²) in [5.41, 5.74) is 5.11. The Morgan fingerprint density at radius 2 is 1.86 bits per heavy atom. The molecule has 0 aromatic heterocycles. The normalized spacial score (nSPS) is 28.8. The minimum Gasteiger partial charge on any atom is -0.444 e. The number of unbranched alkanes of at least 4 members (excludes halogenated alkanes) is 1. The van der Waals surface area contributed by atoms with E-state index in [1.165, 1.54) is 0 Å². The summed E-state index contributed by atoms with van der Waals surface area (Å²) in [6.07, 6.45) is 6.43. The Morgan fingerprint density at radius 1 is 1.24 bits per heavy atom. The van der Waals surface area contributed by atoms with Crippen LogP contribution in [0.2, 0.25) is 0 Å². The summed E-state index contributed by atoms with van der Waals surface area (Å²) < 4.78 is 5.56. The van der Waals surface area contributed by atoms with Gasteiger partial charge in [-0.15, -0.1) is 0 Å². The quantitative estimate of drug-likeness (QED) is 0.764. The third-order valence-electron chi connectivity index (χ3n) is 4.40. The van der Waals surface area contributed by atoms with Crippen LogP contribution >= 0.6 is 0 Å². The summed E-state index contributed by atoms with van der Waals surface area (Å²) in [5.74, 6) is 0. The van der Waals surface area contributed by atoms with Gasteiger partial charge < -0.3 is 20.7 Å². The fraction of sp³-hybridized carbons (Fsp3) is 0.938. The Labute approximate surface area is 128 Å². The first-order valence-corrected chi connectivity index (χ1v) is 8.35. The first kappa shape index (κ1) is 16.6. The summed E-state index contributed by atoms with van der Waals surface area (Å²) in [5, 5.41) is 3.63. The number of amides is 1. The van der Waals surface area contributed by atoms with Crippen LogP contribution in [0.25, 0.3) is 0 Å². The molecule has 0 aromatic rings. The van der Waals surface area contributed by atoms with Gasteiger partial charge in [0, 0.05) is 18.1 Å². The molecule has 2 atom stereocenters. The van der Waals surface area contributed by atoms with Crippen LogP contribution in [0, 0.1) is 0 Å². The number of carbonyl (C=O) groups is 1. The highest BCUT2D eigenvalue weighted by Gasteiger charge is 2.44. The molecule has 2 rings (SSSR count). The SMILES string of the molecule is CC(C)(C)OC(=O)N1C2CCC1CC(NCCCCN)C2. The van der Waals surface area contributed by atoms with Gasteiger partial charge in [-0.05, 0) is 72.4 Å². The molecule has 2 saturated heterocycles. The van der Waals surface area contributed by atoms with Crippen LogP contribution < -0.4 is 11.1 Å². The van der Waals surface area contributed by atoms with Crippen LogP contribution in [0.1, 0.15) is 59.3 Å². The molecule has 122 valence electrons. The number of ether oxygens (including phenoxy) is 1. The van der Waals surface area contributed by atoms with E-state index in [9.17, 15) is 4.79 Å². The van der Waals surface area contributed by atoms with Gasteiger partial charge in [0.15, 0.2) is 0 Å². The number of nitrogens with zero attached hydrogens (tertiary/aromatic N) is 1. The van der Waals surface area contributed by atoms with Crippen molar-refractivity contribution in [2.45, 2.75) is 83.0 Å². The van der Waals surface area contributed by atoms with E-state index in [1.807, 2.05) is 25.7 Å². The molecule has 2 fully saturated rings. The summed E-state index contributed by atoms with van der Waals surface area (Å²) in [4.78, 5) is 14.4. The molecule has 21 heavy (non-hydrogen) atoms. The van der Waals surface area contributed by atoms with Gasteiger partial charge in [-0.2, -0.15) is 0 Å². The smallest absolute Gasteiger partial charge is 0.410 e. The molecule has 3 N–H and O–H groups in total. The number of carbonyl (C=O) groups excluding carboxylic acids is 1. The topological polar surface area (TPSA) is 67.6 Å². The van der Waals surface area contributed by atoms with Gasteiger partial charge in [0.1, 0.15) is 5.60 Å². The van der Waals surface area contributed by atoms with E-state index in [2.05, 4.69) is 5.32 Å². The lowest BCUT2D eigenvalue weighted by Gasteiger charge is -2.39. The number of nitrogens with one attached hydrogen (secondary N) is 1. The summed E-state index contributed by atoms with van der Waals surface area (Å²) in [6, 6.07) is 1.25. The molecule has 2 unspecified atom stereocenters. The largest absolute Gasteiger partial charge is 0.444 e. The van der Waals surface area contributed by atoms with E-state index in [4.69, 9.17) is 10.5 Å². The molecular weight excluding hydrogens is 266 g/mol. The Hall–Kier alpha value is -0.810. The number of hydrogen-bond acceptors (Lipinski definition) is 4. The molecule has 2 aliphatic rings. The van der Waals surface area contributed by atoms with Crippen LogP contribution in [-0.4, -0.2) is 47.8 Å². The second-order valence-corrected chi connectivity index (χ2v) is 7.39. The third-order valence-corrected chi connectivity index (χ3v) is 4.40. The number of hydrogen-bond donors (Lipinski definition) is 2. The number of fused-ring (bicyclic) bond motifs is 2. The van der Waals surface area contributed by atoms with Crippen molar-refractivity contribution in [3.05, 3.63) is 0 Å². The zero-order chi connectivity index (χ0) is 15.5. The number of nitrogens with two attached hydrogens (primary N) is 1. The standard InChI is InChI=1S/C16H31N3O2/c1-16(2,3)21-15(20)19-13-6-7-14(19)11-12(10-13)18-9-5-4-8-17/h12-14,18H,4-11,17H2,1-3H3. The Morgan fingerprint density at radius 3 is 2.38 bits per heavy atom. The molecule has 5 nitrogen and oxygen atoms in total. The van der Waals surface area contributed by atoms with Crippen molar-refractivity contribution in [2.24, 2.45) is 5.73 Å². The van der Waals surface area contributed by atoms with Crippen molar-refractivity contribution in [1.29, 1.82) is 0 Å². The number of piperidine rings is 1. The average molecular weight is 297 g/mol. The van der Waals surface area contributed by atoms with Crippen LogP contribution in [0.3, 0.4) is 0 Å². The lowest BCUT2D eigenvalue weighted by Crippen LogP contribution is -2.52. The van der Waals surface area contributed by atoms with Gasteiger partial charge in [0.25, 0.3) is 0 Å². The van der Waals surface area contributed by atoms with Gasteiger partial charge in [-0.1, -0.05) is 0 Å². The van der Waals surface area contributed by atoms with Crippen molar-refractivity contribution in [1.82, 2.24) is 10.2 Å². The molecule has 5 heteroatoms. The summed E-state index contributed by atoms with van der Waals surface area (Å²) in [7, 11) is 0. The van der Waals surface area contributed by atoms with Crippen LogP contribution in [0.5, 0.6) is 0 Å². The molecule has 0 saturated carbocycles. The number of rotatable bonds is 5. The van der Waals surface area contributed by atoms with E-state index in [0.717, 1.165) is 51.6 Å². The molecule has 2 bridgehead atoms. The van der Waals surface area contributed by atoms with Gasteiger partial charge >= 0.3 is 6.09 Å². The first-order chi connectivity index (χ1) is 9.90. The van der Waals surface area contributed by atoms with Crippen molar-refractivity contribution < 1.29 is 9.53 Å². The summed E-state index contributed by atoms with van der Waals surface area (Å²) >= 11 is 0. The van der Waals surface area contributed by atoms with E-state index < -0.39 is 5.60 Å². The van der Waals surface area contributed by atoms with Gasteiger partial charge in [0.05, 0.1) is 0 Å². The third kappa shape index (κ3) is 4.58. The summed E-state index contributed by atoms with van der Waals surface area (Å²) in [6.45, 7) is 7.59. The highest BCUT2D eigenvalue weighted by molar-refractivity contribution is 5.69. The molecule has 0 aromatic carbocycles. The molecule has 1 amide bonds. The Balaban J connectivity index is 1.83.